The predicted octanol–water partition coefficient (Wildman–Crippen LogP) is 3.08. The van der Waals surface area contributed by atoms with Crippen molar-refractivity contribution in [3.8, 4) is 0 Å². The zero-order valence-corrected chi connectivity index (χ0v) is 15.9. The molecule has 140 valence electrons. The summed E-state index contributed by atoms with van der Waals surface area (Å²) < 4.78 is 0. The lowest BCUT2D eigenvalue weighted by Gasteiger charge is -2.25. The van der Waals surface area contributed by atoms with Gasteiger partial charge in [0.15, 0.2) is 0 Å². The minimum atomic E-state index is -0.200. The van der Waals surface area contributed by atoms with E-state index in [2.05, 4.69) is 25.4 Å². The van der Waals surface area contributed by atoms with Crippen LogP contribution in [-0.4, -0.2) is 39.2 Å². The second-order valence-corrected chi connectivity index (χ2v) is 7.10. The van der Waals surface area contributed by atoms with Crippen LogP contribution in [0.3, 0.4) is 0 Å². The topological polar surface area (TPSA) is 86.8 Å². The zero-order valence-electron chi connectivity index (χ0n) is 15.9. The van der Waals surface area contributed by atoms with Gasteiger partial charge in [0.05, 0.1) is 6.04 Å². The average Bonchev–Trinajstić information content (AvgIpc) is 3.01. The maximum Gasteiger partial charge on any atom is 0.272 e. The van der Waals surface area contributed by atoms with Crippen molar-refractivity contribution >= 4 is 11.9 Å². The summed E-state index contributed by atoms with van der Waals surface area (Å²) in [6, 6.07) is 1.55. The molecule has 1 saturated heterocycles. The van der Waals surface area contributed by atoms with Crippen molar-refractivity contribution in [3.05, 3.63) is 34.9 Å². The Bertz CT molecular complexity index is 748. The van der Waals surface area contributed by atoms with Crippen LogP contribution in [0.1, 0.15) is 72.5 Å². The van der Waals surface area contributed by atoms with E-state index in [0.717, 1.165) is 36.0 Å². The van der Waals surface area contributed by atoms with E-state index < -0.39 is 0 Å². The zero-order chi connectivity index (χ0) is 18.5. The predicted molar refractivity (Wildman–Crippen MR) is 101 cm³/mol. The number of aromatic nitrogens is 4. The summed E-state index contributed by atoms with van der Waals surface area (Å²) in [7, 11) is 0. The van der Waals surface area contributed by atoms with Crippen molar-refractivity contribution in [1.82, 2.24) is 25.5 Å². The Morgan fingerprint density at radius 3 is 2.50 bits per heavy atom. The van der Waals surface area contributed by atoms with Crippen LogP contribution in [0.5, 0.6) is 0 Å². The molecule has 0 bridgehead atoms. The summed E-state index contributed by atoms with van der Waals surface area (Å²) in [6.45, 7) is 7.83. The molecule has 7 nitrogen and oxygen atoms in total. The van der Waals surface area contributed by atoms with Crippen molar-refractivity contribution in [1.29, 1.82) is 0 Å². The number of nitrogens with zero attached hydrogens (tertiary/aromatic N) is 4. The van der Waals surface area contributed by atoms with Crippen molar-refractivity contribution in [2.24, 2.45) is 0 Å². The molecule has 3 heterocycles. The number of nitrogens with one attached hydrogen (secondary N) is 2. The van der Waals surface area contributed by atoms with Gasteiger partial charge in [-0.15, -0.1) is 0 Å². The fraction of sp³-hybridized carbons (Fsp3) is 0.579. The second-order valence-electron chi connectivity index (χ2n) is 7.10. The highest BCUT2D eigenvalue weighted by atomic mass is 16.2. The summed E-state index contributed by atoms with van der Waals surface area (Å²) in [6.07, 6.45) is 8.13. The van der Waals surface area contributed by atoms with E-state index in [-0.39, 0.29) is 11.9 Å². The van der Waals surface area contributed by atoms with E-state index in [4.69, 9.17) is 4.98 Å². The van der Waals surface area contributed by atoms with Gasteiger partial charge in [0.1, 0.15) is 5.69 Å². The molecule has 1 amide bonds. The first-order valence-corrected chi connectivity index (χ1v) is 9.46. The average molecular weight is 356 g/mol. The van der Waals surface area contributed by atoms with Gasteiger partial charge in [-0.05, 0) is 39.7 Å². The Morgan fingerprint density at radius 1 is 1.19 bits per heavy atom. The molecule has 0 aliphatic carbocycles. The lowest BCUT2D eigenvalue weighted by Crippen LogP contribution is -2.30. The van der Waals surface area contributed by atoms with Gasteiger partial charge in [0.2, 0.25) is 5.95 Å². The Labute approximate surface area is 154 Å². The molecule has 7 heteroatoms. The number of carbonyl (C=O) groups is 1. The maximum atomic E-state index is 12.3. The van der Waals surface area contributed by atoms with Gasteiger partial charge in [-0.2, -0.15) is 5.10 Å². The highest BCUT2D eigenvalue weighted by molar-refractivity contribution is 5.92. The molecule has 0 saturated carbocycles. The van der Waals surface area contributed by atoms with Gasteiger partial charge >= 0.3 is 0 Å². The fourth-order valence-electron chi connectivity index (χ4n) is 3.37. The minimum Gasteiger partial charge on any atom is -0.344 e. The SMILES string of the molecule is Cc1cc(C(=O)N[C@@H](C)c2cnc(N3CCCCCCC3)nc2C)n[nH]1. The number of rotatable bonds is 4. The molecule has 3 rings (SSSR count). The van der Waals surface area contributed by atoms with Crippen LogP contribution in [0.2, 0.25) is 0 Å². The highest BCUT2D eigenvalue weighted by Gasteiger charge is 2.18. The smallest absolute Gasteiger partial charge is 0.272 e. The number of anilines is 1. The normalized spacial score (nSPS) is 16.7. The Morgan fingerprint density at radius 2 is 1.88 bits per heavy atom. The van der Waals surface area contributed by atoms with Crippen molar-refractivity contribution in [3.63, 3.8) is 0 Å². The molecule has 2 N–H and O–H groups in total. The minimum absolute atomic E-state index is 0.180. The maximum absolute atomic E-state index is 12.3. The monoisotopic (exact) mass is 356 g/mol. The third-order valence-corrected chi connectivity index (χ3v) is 4.90. The van der Waals surface area contributed by atoms with Crippen LogP contribution in [-0.2, 0) is 0 Å². The van der Waals surface area contributed by atoms with Crippen molar-refractivity contribution < 1.29 is 4.79 Å². The van der Waals surface area contributed by atoms with Gasteiger partial charge in [0.25, 0.3) is 5.91 Å². The third kappa shape index (κ3) is 4.39. The quantitative estimate of drug-likeness (QED) is 0.879. The standard InChI is InChI=1S/C19H28N6O/c1-13-11-17(24-23-13)18(26)21-14(2)16-12-20-19(22-15(16)3)25-9-7-5-4-6-8-10-25/h11-12,14H,4-10H2,1-3H3,(H,21,26)(H,23,24)/t14-/m0/s1. The third-order valence-electron chi connectivity index (χ3n) is 4.90. The van der Waals surface area contributed by atoms with E-state index in [9.17, 15) is 4.79 Å². The molecule has 1 aliphatic rings. The molecule has 0 aromatic carbocycles. The fourth-order valence-corrected chi connectivity index (χ4v) is 3.37. The van der Waals surface area contributed by atoms with E-state index >= 15 is 0 Å². The van der Waals surface area contributed by atoms with Gasteiger partial charge in [-0.3, -0.25) is 9.89 Å². The summed E-state index contributed by atoms with van der Waals surface area (Å²) in [5, 5.41) is 9.76. The van der Waals surface area contributed by atoms with Gasteiger partial charge in [-0.25, -0.2) is 9.97 Å². The Kier molecular flexibility index (Phi) is 5.85. The summed E-state index contributed by atoms with van der Waals surface area (Å²) in [5.74, 6) is 0.601. The van der Waals surface area contributed by atoms with Crippen molar-refractivity contribution in [2.75, 3.05) is 18.0 Å². The molecular weight excluding hydrogens is 328 g/mol. The lowest BCUT2D eigenvalue weighted by molar-refractivity contribution is 0.0934. The molecule has 26 heavy (non-hydrogen) atoms. The largest absolute Gasteiger partial charge is 0.344 e. The summed E-state index contributed by atoms with van der Waals surface area (Å²) in [5.41, 5.74) is 3.09. The van der Waals surface area contributed by atoms with Crippen LogP contribution in [0.15, 0.2) is 12.3 Å². The first kappa shape index (κ1) is 18.4. The van der Waals surface area contributed by atoms with Crippen LogP contribution in [0.4, 0.5) is 5.95 Å². The number of aromatic amines is 1. The van der Waals surface area contributed by atoms with Gasteiger partial charge in [0, 0.05) is 36.2 Å². The van der Waals surface area contributed by atoms with E-state index in [1.807, 2.05) is 27.0 Å². The van der Waals surface area contributed by atoms with E-state index in [1.165, 1.54) is 32.1 Å². The van der Waals surface area contributed by atoms with E-state index in [0.29, 0.717) is 5.69 Å². The number of carbonyl (C=O) groups excluding carboxylic acids is 1. The Balaban J connectivity index is 1.69. The number of hydrogen-bond donors (Lipinski definition) is 2. The summed E-state index contributed by atoms with van der Waals surface area (Å²) >= 11 is 0. The number of aryl methyl sites for hydroxylation is 2. The van der Waals surface area contributed by atoms with Crippen LogP contribution < -0.4 is 10.2 Å². The first-order chi connectivity index (χ1) is 12.5. The number of hydrogen-bond acceptors (Lipinski definition) is 5. The highest BCUT2D eigenvalue weighted by Crippen LogP contribution is 2.20. The molecular formula is C19H28N6O. The van der Waals surface area contributed by atoms with Crippen LogP contribution in [0, 0.1) is 13.8 Å². The molecule has 0 radical (unpaired) electrons. The van der Waals surface area contributed by atoms with Crippen molar-refractivity contribution in [2.45, 2.75) is 58.9 Å². The molecule has 1 aliphatic heterocycles. The molecule has 1 fully saturated rings. The Hall–Kier alpha value is -2.44. The summed E-state index contributed by atoms with van der Waals surface area (Å²) in [4.78, 5) is 23.9. The van der Waals surface area contributed by atoms with Gasteiger partial charge < -0.3 is 10.2 Å². The molecule has 2 aromatic heterocycles. The second kappa shape index (κ2) is 8.29. The lowest BCUT2D eigenvalue weighted by atomic mass is 10.1. The first-order valence-electron chi connectivity index (χ1n) is 9.46. The van der Waals surface area contributed by atoms with E-state index in [1.54, 1.807) is 6.07 Å². The molecule has 0 spiro atoms. The molecule has 1 atom stereocenters. The number of amides is 1. The number of H-pyrrole nitrogens is 1. The molecule has 0 unspecified atom stereocenters. The van der Waals surface area contributed by atoms with Gasteiger partial charge in [-0.1, -0.05) is 19.3 Å². The van der Waals surface area contributed by atoms with Crippen LogP contribution >= 0.6 is 0 Å². The molecule has 2 aromatic rings. The van der Waals surface area contributed by atoms with Crippen LogP contribution in [0.25, 0.3) is 0 Å².